The molecular weight excluding hydrogens is 328 g/mol. The topological polar surface area (TPSA) is 92.2 Å². The van der Waals surface area contributed by atoms with E-state index in [9.17, 15) is 4.79 Å². The SMILES string of the molecule is Cc1cc(C2CC2)cc(C)c1-n1cc2c(=O)[nH]c(-c3ccn[nH]3)nc2n1. The van der Waals surface area contributed by atoms with E-state index in [0.29, 0.717) is 28.5 Å². The third kappa shape index (κ3) is 2.35. The van der Waals surface area contributed by atoms with Gasteiger partial charge in [0.05, 0.1) is 5.69 Å². The van der Waals surface area contributed by atoms with Crippen molar-refractivity contribution in [2.45, 2.75) is 32.6 Å². The molecule has 3 heterocycles. The molecular formula is C19H18N6O. The van der Waals surface area contributed by atoms with Crippen LogP contribution in [0.1, 0.15) is 35.4 Å². The van der Waals surface area contributed by atoms with Crippen molar-refractivity contribution >= 4 is 11.0 Å². The number of aryl methyl sites for hydroxylation is 2. The van der Waals surface area contributed by atoms with Crippen LogP contribution in [0.5, 0.6) is 0 Å². The molecule has 0 atom stereocenters. The molecule has 3 aromatic heterocycles. The molecule has 1 fully saturated rings. The molecule has 130 valence electrons. The van der Waals surface area contributed by atoms with Gasteiger partial charge in [-0.05, 0) is 55.4 Å². The van der Waals surface area contributed by atoms with E-state index in [-0.39, 0.29) is 5.56 Å². The van der Waals surface area contributed by atoms with Crippen molar-refractivity contribution in [3.05, 3.63) is 57.6 Å². The van der Waals surface area contributed by atoms with Crippen molar-refractivity contribution in [3.63, 3.8) is 0 Å². The molecule has 2 N–H and O–H groups in total. The lowest BCUT2D eigenvalue weighted by molar-refractivity contribution is 0.870. The molecule has 1 aliphatic carbocycles. The van der Waals surface area contributed by atoms with E-state index in [2.05, 4.69) is 51.2 Å². The Morgan fingerprint density at radius 2 is 1.96 bits per heavy atom. The summed E-state index contributed by atoms with van der Waals surface area (Å²) in [5, 5.41) is 11.8. The molecule has 26 heavy (non-hydrogen) atoms. The summed E-state index contributed by atoms with van der Waals surface area (Å²) in [6.07, 6.45) is 5.93. The summed E-state index contributed by atoms with van der Waals surface area (Å²) in [4.78, 5) is 19.7. The molecule has 0 saturated heterocycles. The van der Waals surface area contributed by atoms with Gasteiger partial charge in [0.25, 0.3) is 5.56 Å². The Morgan fingerprint density at radius 3 is 2.62 bits per heavy atom. The van der Waals surface area contributed by atoms with E-state index in [1.165, 1.54) is 18.4 Å². The van der Waals surface area contributed by atoms with Crippen LogP contribution in [-0.2, 0) is 0 Å². The van der Waals surface area contributed by atoms with Crippen LogP contribution in [0, 0.1) is 13.8 Å². The van der Waals surface area contributed by atoms with E-state index in [4.69, 9.17) is 0 Å². The highest BCUT2D eigenvalue weighted by Crippen LogP contribution is 2.41. The second-order valence-electron chi connectivity index (χ2n) is 6.97. The number of rotatable bonds is 3. The Balaban J connectivity index is 1.66. The molecule has 5 rings (SSSR count). The Labute approximate surface area is 149 Å². The first-order chi connectivity index (χ1) is 12.6. The van der Waals surface area contributed by atoms with Crippen molar-refractivity contribution in [3.8, 4) is 17.2 Å². The minimum Gasteiger partial charge on any atom is -0.305 e. The standard InChI is InChI=1S/C19H18N6O/c1-10-7-13(12-3-4-12)8-11(2)16(10)25-9-14-17(24-25)21-18(22-19(14)26)15-5-6-20-23-15/h5-9,12H,3-4H2,1-2H3,(H,20,23)(H,21,22,24,26). The van der Waals surface area contributed by atoms with Gasteiger partial charge in [-0.3, -0.25) is 9.89 Å². The third-order valence-corrected chi connectivity index (χ3v) is 4.94. The van der Waals surface area contributed by atoms with Gasteiger partial charge in [-0.1, -0.05) is 12.1 Å². The van der Waals surface area contributed by atoms with Crippen LogP contribution < -0.4 is 5.56 Å². The summed E-state index contributed by atoms with van der Waals surface area (Å²) >= 11 is 0. The quantitative estimate of drug-likeness (QED) is 0.596. The van der Waals surface area contributed by atoms with Crippen LogP contribution in [0.3, 0.4) is 0 Å². The summed E-state index contributed by atoms with van der Waals surface area (Å²) in [5.41, 5.74) is 5.58. The van der Waals surface area contributed by atoms with Gasteiger partial charge in [-0.25, -0.2) is 9.67 Å². The van der Waals surface area contributed by atoms with E-state index >= 15 is 0 Å². The molecule has 0 bridgehead atoms. The molecule has 1 aromatic carbocycles. The van der Waals surface area contributed by atoms with Gasteiger partial charge in [-0.2, -0.15) is 5.10 Å². The molecule has 0 amide bonds. The van der Waals surface area contributed by atoms with Crippen molar-refractivity contribution in [1.82, 2.24) is 29.9 Å². The Kier molecular flexibility index (Phi) is 3.12. The highest BCUT2D eigenvalue weighted by molar-refractivity contribution is 5.75. The maximum absolute atomic E-state index is 12.5. The lowest BCUT2D eigenvalue weighted by Crippen LogP contribution is -2.08. The van der Waals surface area contributed by atoms with Crippen molar-refractivity contribution in [2.24, 2.45) is 0 Å². The number of aromatic nitrogens is 6. The molecule has 7 heteroatoms. The van der Waals surface area contributed by atoms with Crippen molar-refractivity contribution in [1.29, 1.82) is 0 Å². The maximum atomic E-state index is 12.5. The Morgan fingerprint density at radius 1 is 1.19 bits per heavy atom. The zero-order valence-electron chi connectivity index (χ0n) is 14.6. The number of fused-ring (bicyclic) bond motifs is 1. The van der Waals surface area contributed by atoms with Gasteiger partial charge >= 0.3 is 0 Å². The zero-order chi connectivity index (χ0) is 17.8. The lowest BCUT2D eigenvalue weighted by Gasteiger charge is -2.12. The number of benzene rings is 1. The number of H-pyrrole nitrogens is 2. The molecule has 7 nitrogen and oxygen atoms in total. The number of aromatic amines is 2. The van der Waals surface area contributed by atoms with Crippen molar-refractivity contribution in [2.75, 3.05) is 0 Å². The summed E-state index contributed by atoms with van der Waals surface area (Å²) in [6.45, 7) is 4.18. The van der Waals surface area contributed by atoms with Gasteiger partial charge < -0.3 is 4.98 Å². The molecule has 0 spiro atoms. The Hall–Kier alpha value is -3.22. The summed E-state index contributed by atoms with van der Waals surface area (Å²) in [5.74, 6) is 1.14. The normalized spacial score (nSPS) is 14.2. The number of hydrogen-bond acceptors (Lipinski definition) is 4. The fourth-order valence-corrected chi connectivity index (χ4v) is 3.55. The average Bonchev–Trinajstić information content (AvgIpc) is 3.14. The predicted molar refractivity (Wildman–Crippen MR) is 98.5 cm³/mol. The van der Waals surface area contributed by atoms with Crippen LogP contribution in [0.4, 0.5) is 0 Å². The van der Waals surface area contributed by atoms with Gasteiger partial charge in [-0.15, -0.1) is 5.10 Å². The second-order valence-corrected chi connectivity index (χ2v) is 6.97. The molecule has 0 unspecified atom stereocenters. The van der Waals surface area contributed by atoms with Gasteiger partial charge in [0.1, 0.15) is 11.1 Å². The number of nitrogens with one attached hydrogen (secondary N) is 2. The van der Waals surface area contributed by atoms with E-state index in [1.807, 2.05) is 0 Å². The van der Waals surface area contributed by atoms with E-state index in [0.717, 1.165) is 16.8 Å². The first kappa shape index (κ1) is 15.1. The van der Waals surface area contributed by atoms with E-state index in [1.54, 1.807) is 23.1 Å². The van der Waals surface area contributed by atoms with Crippen LogP contribution in [0.25, 0.3) is 28.2 Å². The van der Waals surface area contributed by atoms with Crippen LogP contribution >= 0.6 is 0 Å². The number of hydrogen-bond donors (Lipinski definition) is 2. The minimum absolute atomic E-state index is 0.212. The lowest BCUT2D eigenvalue weighted by atomic mass is 10.0. The molecule has 4 aromatic rings. The fraction of sp³-hybridized carbons (Fsp3) is 0.263. The maximum Gasteiger partial charge on any atom is 0.262 e. The van der Waals surface area contributed by atoms with E-state index < -0.39 is 0 Å². The Bertz CT molecular complexity index is 1160. The molecule has 0 aliphatic heterocycles. The second kappa shape index (κ2) is 5.39. The summed E-state index contributed by atoms with van der Waals surface area (Å²) in [7, 11) is 0. The van der Waals surface area contributed by atoms with Crippen LogP contribution in [0.2, 0.25) is 0 Å². The largest absolute Gasteiger partial charge is 0.305 e. The highest BCUT2D eigenvalue weighted by atomic mass is 16.1. The first-order valence-electron chi connectivity index (χ1n) is 8.71. The van der Waals surface area contributed by atoms with Gasteiger partial charge in [0.2, 0.25) is 0 Å². The highest BCUT2D eigenvalue weighted by Gasteiger charge is 2.25. The molecule has 1 saturated carbocycles. The van der Waals surface area contributed by atoms with Crippen molar-refractivity contribution < 1.29 is 0 Å². The predicted octanol–water partition coefficient (Wildman–Crippen LogP) is 2.99. The molecule has 1 aliphatic rings. The van der Waals surface area contributed by atoms with Crippen LogP contribution in [0.15, 0.2) is 35.4 Å². The average molecular weight is 346 g/mol. The molecule has 0 radical (unpaired) electrons. The third-order valence-electron chi connectivity index (χ3n) is 4.94. The first-order valence-corrected chi connectivity index (χ1v) is 8.71. The summed E-state index contributed by atoms with van der Waals surface area (Å²) < 4.78 is 1.77. The minimum atomic E-state index is -0.212. The number of nitrogens with zero attached hydrogens (tertiary/aromatic N) is 4. The zero-order valence-corrected chi connectivity index (χ0v) is 14.6. The monoisotopic (exact) mass is 346 g/mol. The van der Waals surface area contributed by atoms with Crippen LogP contribution in [-0.4, -0.2) is 29.9 Å². The smallest absolute Gasteiger partial charge is 0.262 e. The summed E-state index contributed by atoms with van der Waals surface area (Å²) in [6, 6.07) is 6.23. The van der Waals surface area contributed by atoms with Gasteiger partial charge in [0, 0.05) is 12.4 Å². The van der Waals surface area contributed by atoms with Gasteiger partial charge in [0.15, 0.2) is 11.5 Å². The fourth-order valence-electron chi connectivity index (χ4n) is 3.55.